The van der Waals surface area contributed by atoms with Crippen molar-refractivity contribution in [3.8, 4) is 6.07 Å². The molecular weight excluding hydrogens is 309 g/mol. The number of nitrogens with two attached hydrogens (primary N) is 1. The van der Waals surface area contributed by atoms with Crippen molar-refractivity contribution in [1.82, 2.24) is 10.2 Å². The number of nitrogens with one attached hydrogen (secondary N) is 1. The summed E-state index contributed by atoms with van der Waals surface area (Å²) in [6.07, 6.45) is 0.364. The fraction of sp³-hybridized carbons (Fsp3) is 0.294. The number of carbonyl (C=O) groups excluding carboxylic acids is 1. The van der Waals surface area contributed by atoms with Gasteiger partial charge in [-0.05, 0) is 43.5 Å². The molecule has 0 fully saturated rings. The molecule has 0 saturated heterocycles. The van der Waals surface area contributed by atoms with Gasteiger partial charge in [0.15, 0.2) is 5.82 Å². The van der Waals surface area contributed by atoms with Gasteiger partial charge in [0.1, 0.15) is 17.4 Å². The number of primary amides is 1. The molecule has 0 bridgehead atoms. The van der Waals surface area contributed by atoms with Crippen LogP contribution in [0.1, 0.15) is 22.4 Å². The fourth-order valence-corrected chi connectivity index (χ4v) is 2.27. The van der Waals surface area contributed by atoms with Crippen LogP contribution in [-0.4, -0.2) is 22.6 Å². The topological polar surface area (TPSA) is 105 Å². The second-order valence-electron chi connectivity index (χ2n) is 5.56. The van der Waals surface area contributed by atoms with Crippen molar-refractivity contribution in [2.45, 2.75) is 20.3 Å². The Kier molecular flexibility index (Phi) is 5.42. The Morgan fingerprint density at radius 1 is 1.33 bits per heavy atom. The minimum absolute atomic E-state index is 0.207. The summed E-state index contributed by atoms with van der Waals surface area (Å²) < 4.78 is 13.0. The zero-order chi connectivity index (χ0) is 17.7. The third-order valence-corrected chi connectivity index (χ3v) is 3.88. The van der Waals surface area contributed by atoms with E-state index in [-0.39, 0.29) is 12.4 Å². The minimum atomic E-state index is -0.523. The summed E-state index contributed by atoms with van der Waals surface area (Å²) in [6, 6.07) is 7.99. The van der Waals surface area contributed by atoms with Crippen LogP contribution < -0.4 is 11.1 Å². The maximum Gasteiger partial charge on any atom is 0.222 e. The van der Waals surface area contributed by atoms with E-state index in [1.807, 2.05) is 0 Å². The summed E-state index contributed by atoms with van der Waals surface area (Å²) in [5.74, 6) is -1.02. The Bertz CT molecular complexity index is 783. The highest BCUT2D eigenvalue weighted by molar-refractivity contribution is 5.77. The SMILES string of the molecule is Cc1nnc(NC[C@@H](Cc2ccc(F)cc2)C(N)=O)c(C#N)c1C. The highest BCUT2D eigenvalue weighted by Crippen LogP contribution is 2.18. The van der Waals surface area contributed by atoms with Crippen LogP contribution in [0, 0.1) is 36.9 Å². The standard InChI is InChI=1S/C17H18FN5O/c1-10-11(2)22-23-17(15(10)8-19)21-9-13(16(20)24)7-12-3-5-14(18)6-4-12/h3-6,13H,7,9H2,1-2H3,(H2,20,24)(H,21,23)/t13-/m1/s1. The van der Waals surface area contributed by atoms with Gasteiger partial charge in [0.25, 0.3) is 0 Å². The molecule has 7 heteroatoms. The van der Waals surface area contributed by atoms with Crippen molar-refractivity contribution in [2.24, 2.45) is 11.7 Å². The molecule has 1 atom stereocenters. The predicted molar refractivity (Wildman–Crippen MR) is 87.5 cm³/mol. The third kappa shape index (κ3) is 4.04. The Morgan fingerprint density at radius 2 is 2.00 bits per heavy atom. The molecule has 0 aliphatic carbocycles. The first-order valence-corrected chi connectivity index (χ1v) is 7.44. The first kappa shape index (κ1) is 17.3. The molecule has 0 aliphatic heterocycles. The largest absolute Gasteiger partial charge is 0.369 e. The number of anilines is 1. The van der Waals surface area contributed by atoms with Gasteiger partial charge in [-0.2, -0.15) is 10.4 Å². The first-order valence-electron chi connectivity index (χ1n) is 7.44. The van der Waals surface area contributed by atoms with Crippen molar-refractivity contribution in [3.63, 3.8) is 0 Å². The number of amides is 1. The van der Waals surface area contributed by atoms with Crippen LogP contribution in [0.4, 0.5) is 10.2 Å². The van der Waals surface area contributed by atoms with Crippen LogP contribution in [-0.2, 0) is 11.2 Å². The van der Waals surface area contributed by atoms with E-state index in [0.717, 1.165) is 11.1 Å². The molecule has 0 unspecified atom stereocenters. The number of nitrogens with zero attached hydrogens (tertiary/aromatic N) is 3. The number of hydrogen-bond donors (Lipinski definition) is 2. The zero-order valence-electron chi connectivity index (χ0n) is 13.5. The predicted octanol–water partition coefficient (Wildman–Crippen LogP) is 1.86. The van der Waals surface area contributed by atoms with Crippen LogP contribution >= 0.6 is 0 Å². The number of hydrogen-bond acceptors (Lipinski definition) is 5. The van der Waals surface area contributed by atoms with Crippen LogP contribution in [0.2, 0.25) is 0 Å². The van der Waals surface area contributed by atoms with Crippen LogP contribution in [0.5, 0.6) is 0 Å². The summed E-state index contributed by atoms with van der Waals surface area (Å²) in [6.45, 7) is 3.77. The van der Waals surface area contributed by atoms with Crippen molar-refractivity contribution >= 4 is 11.7 Å². The normalized spacial score (nSPS) is 11.6. The van der Waals surface area contributed by atoms with Gasteiger partial charge in [0, 0.05) is 6.54 Å². The third-order valence-electron chi connectivity index (χ3n) is 3.88. The lowest BCUT2D eigenvalue weighted by molar-refractivity contribution is -0.121. The van der Waals surface area contributed by atoms with Crippen LogP contribution in [0.15, 0.2) is 24.3 Å². The quantitative estimate of drug-likeness (QED) is 0.842. The second-order valence-corrected chi connectivity index (χ2v) is 5.56. The lowest BCUT2D eigenvalue weighted by Crippen LogP contribution is -2.31. The monoisotopic (exact) mass is 327 g/mol. The Morgan fingerprint density at radius 3 is 2.58 bits per heavy atom. The number of aryl methyl sites for hydroxylation is 1. The summed E-state index contributed by atoms with van der Waals surface area (Å²) >= 11 is 0. The molecule has 0 saturated carbocycles. The lowest BCUT2D eigenvalue weighted by atomic mass is 9.98. The van der Waals surface area contributed by atoms with Crippen LogP contribution in [0.25, 0.3) is 0 Å². The van der Waals surface area contributed by atoms with Gasteiger partial charge in [0.2, 0.25) is 5.91 Å². The number of halogens is 1. The van der Waals surface area contributed by atoms with E-state index in [0.29, 0.717) is 23.5 Å². The Balaban J connectivity index is 2.12. The van der Waals surface area contributed by atoms with Gasteiger partial charge in [-0.3, -0.25) is 4.79 Å². The highest BCUT2D eigenvalue weighted by Gasteiger charge is 2.18. The zero-order valence-corrected chi connectivity index (χ0v) is 13.5. The molecule has 1 aromatic carbocycles. The van der Waals surface area contributed by atoms with E-state index in [1.54, 1.807) is 26.0 Å². The summed E-state index contributed by atoms with van der Waals surface area (Å²) in [5.41, 5.74) is 8.06. The molecular formula is C17H18FN5O. The van der Waals surface area contributed by atoms with Gasteiger partial charge < -0.3 is 11.1 Å². The molecule has 6 nitrogen and oxygen atoms in total. The smallest absolute Gasteiger partial charge is 0.222 e. The molecule has 24 heavy (non-hydrogen) atoms. The van der Waals surface area contributed by atoms with E-state index < -0.39 is 11.8 Å². The molecule has 1 heterocycles. The lowest BCUT2D eigenvalue weighted by Gasteiger charge is -2.16. The number of aromatic nitrogens is 2. The molecule has 2 aromatic rings. The Hall–Kier alpha value is -3.01. The maximum absolute atomic E-state index is 13.0. The van der Waals surface area contributed by atoms with Gasteiger partial charge >= 0.3 is 0 Å². The van der Waals surface area contributed by atoms with Crippen molar-refractivity contribution in [2.75, 3.05) is 11.9 Å². The number of rotatable bonds is 6. The minimum Gasteiger partial charge on any atom is -0.369 e. The number of benzene rings is 1. The summed E-state index contributed by atoms with van der Waals surface area (Å²) in [7, 11) is 0. The summed E-state index contributed by atoms with van der Waals surface area (Å²) in [5, 5.41) is 20.2. The molecule has 2 rings (SSSR count). The van der Waals surface area contributed by atoms with Gasteiger partial charge in [0.05, 0.1) is 11.6 Å². The molecule has 0 spiro atoms. The van der Waals surface area contributed by atoms with E-state index >= 15 is 0 Å². The van der Waals surface area contributed by atoms with Crippen LogP contribution in [0.3, 0.4) is 0 Å². The number of carbonyl (C=O) groups is 1. The van der Waals surface area contributed by atoms with E-state index in [1.165, 1.54) is 12.1 Å². The maximum atomic E-state index is 13.0. The van der Waals surface area contributed by atoms with Crippen molar-refractivity contribution in [3.05, 3.63) is 52.5 Å². The van der Waals surface area contributed by atoms with Crippen molar-refractivity contribution in [1.29, 1.82) is 5.26 Å². The molecule has 3 N–H and O–H groups in total. The van der Waals surface area contributed by atoms with E-state index in [2.05, 4.69) is 21.6 Å². The molecule has 0 aliphatic rings. The first-order chi connectivity index (χ1) is 11.4. The summed E-state index contributed by atoms with van der Waals surface area (Å²) in [4.78, 5) is 11.7. The van der Waals surface area contributed by atoms with Gasteiger partial charge in [-0.15, -0.1) is 5.10 Å². The number of nitriles is 1. The van der Waals surface area contributed by atoms with Gasteiger partial charge in [-0.25, -0.2) is 4.39 Å². The van der Waals surface area contributed by atoms with E-state index in [9.17, 15) is 14.4 Å². The fourth-order valence-electron chi connectivity index (χ4n) is 2.27. The molecule has 1 amide bonds. The molecule has 124 valence electrons. The second kappa shape index (κ2) is 7.51. The van der Waals surface area contributed by atoms with E-state index in [4.69, 9.17) is 5.73 Å². The van der Waals surface area contributed by atoms with Crippen molar-refractivity contribution < 1.29 is 9.18 Å². The Labute approximate surface area is 139 Å². The highest BCUT2D eigenvalue weighted by atomic mass is 19.1. The molecule has 1 aromatic heterocycles. The average Bonchev–Trinajstić information content (AvgIpc) is 2.56. The molecule has 0 radical (unpaired) electrons. The van der Waals surface area contributed by atoms with Gasteiger partial charge in [-0.1, -0.05) is 12.1 Å². The average molecular weight is 327 g/mol.